The molecule has 0 saturated heterocycles. The van der Waals surface area contributed by atoms with Crippen molar-refractivity contribution in [2.45, 2.75) is 74.3 Å². The van der Waals surface area contributed by atoms with Crippen molar-refractivity contribution in [2.24, 2.45) is 0 Å². The summed E-state index contributed by atoms with van der Waals surface area (Å²) in [5.41, 5.74) is 0. The maximum atomic E-state index is 6.49. The lowest BCUT2D eigenvalue weighted by atomic mass is 10.9. The van der Waals surface area contributed by atoms with Gasteiger partial charge in [-0.3, -0.25) is 0 Å². The van der Waals surface area contributed by atoms with E-state index in [9.17, 15) is 0 Å². The molecule has 0 aliphatic heterocycles. The van der Waals surface area contributed by atoms with Crippen molar-refractivity contribution in [3.05, 3.63) is 0 Å². The van der Waals surface area contributed by atoms with Gasteiger partial charge in [-0.1, -0.05) is 0 Å². The van der Waals surface area contributed by atoms with Crippen LogP contribution in [0.1, 0.15) is 41.5 Å². The Morgan fingerprint density at radius 3 is 1.16 bits per heavy atom. The van der Waals surface area contributed by atoms with Gasteiger partial charge in [-0.15, -0.1) is 0 Å². The first-order valence-corrected chi connectivity index (χ1v) is 22.5. The van der Waals surface area contributed by atoms with Gasteiger partial charge in [0.05, 0.1) is 0 Å². The molecule has 0 radical (unpaired) electrons. The van der Waals surface area contributed by atoms with Gasteiger partial charge in [0.25, 0.3) is 0 Å². The maximum absolute atomic E-state index is 6.49. The SMILES string of the molecule is CCO[SiH](C)O[Si](C)(OCC)O[Si](C)(OCC)O[Si](C)(OCC)O[Si](C)(OCC)OCC. The minimum atomic E-state index is -3.33. The Balaban J connectivity index is 5.87. The molecule has 15 heteroatoms. The van der Waals surface area contributed by atoms with E-state index < -0.39 is 44.5 Å². The molecule has 0 fully saturated rings. The summed E-state index contributed by atoms with van der Waals surface area (Å²) in [5, 5.41) is 0. The molecule has 32 heavy (non-hydrogen) atoms. The number of hydrogen-bond acceptors (Lipinski definition) is 10. The molecule has 0 aliphatic rings. The zero-order valence-electron chi connectivity index (χ0n) is 21.9. The number of hydrogen-bond donors (Lipinski definition) is 0. The molecule has 0 heterocycles. The summed E-state index contributed by atoms with van der Waals surface area (Å²) in [5.74, 6) is 0. The zero-order chi connectivity index (χ0) is 24.9. The minimum absolute atomic E-state index is 0.389. The van der Waals surface area contributed by atoms with E-state index in [0.29, 0.717) is 39.6 Å². The number of rotatable bonds is 20. The van der Waals surface area contributed by atoms with Crippen LogP contribution in [0.3, 0.4) is 0 Å². The first kappa shape index (κ1) is 32.7. The lowest BCUT2D eigenvalue weighted by Crippen LogP contribution is -2.64. The molecule has 194 valence electrons. The van der Waals surface area contributed by atoms with Gasteiger partial charge in [-0.05, 0) is 48.1 Å². The first-order chi connectivity index (χ1) is 14.9. The fraction of sp³-hybridized carbons (Fsp3) is 1.00. The first-order valence-electron chi connectivity index (χ1n) is 11.5. The molecule has 0 bridgehead atoms. The molecule has 0 spiro atoms. The summed E-state index contributed by atoms with van der Waals surface area (Å²) in [4.78, 5) is 0. The van der Waals surface area contributed by atoms with Gasteiger partial charge in [-0.2, -0.15) is 0 Å². The summed E-state index contributed by atoms with van der Waals surface area (Å²) in [6.45, 7) is 23.3. The second kappa shape index (κ2) is 15.6. The van der Waals surface area contributed by atoms with Crippen molar-refractivity contribution in [1.29, 1.82) is 0 Å². The Morgan fingerprint density at radius 2 is 0.781 bits per heavy atom. The van der Waals surface area contributed by atoms with E-state index >= 15 is 0 Å². The largest absolute Gasteiger partial charge is 0.490 e. The quantitative estimate of drug-likeness (QED) is 0.210. The van der Waals surface area contributed by atoms with Gasteiger partial charge >= 0.3 is 44.5 Å². The Kier molecular flexibility index (Phi) is 16.0. The van der Waals surface area contributed by atoms with Crippen LogP contribution in [-0.4, -0.2) is 84.1 Å². The van der Waals surface area contributed by atoms with Gasteiger partial charge in [0.1, 0.15) is 0 Å². The van der Waals surface area contributed by atoms with E-state index in [-0.39, 0.29) is 0 Å². The molecule has 0 rings (SSSR count). The zero-order valence-corrected chi connectivity index (χ0v) is 27.1. The summed E-state index contributed by atoms with van der Waals surface area (Å²) < 4.78 is 60.9. The Labute approximate surface area is 201 Å². The summed E-state index contributed by atoms with van der Waals surface area (Å²) in [7, 11) is -14.7. The molecule has 4 atom stereocenters. The van der Waals surface area contributed by atoms with Crippen LogP contribution >= 0.6 is 0 Å². The van der Waals surface area contributed by atoms with E-state index in [0.717, 1.165) is 0 Å². The Morgan fingerprint density at radius 1 is 0.469 bits per heavy atom. The van der Waals surface area contributed by atoms with Crippen molar-refractivity contribution in [3.8, 4) is 0 Å². The molecule has 0 aromatic carbocycles. The Bertz CT molecular complexity index is 504. The van der Waals surface area contributed by atoms with Crippen LogP contribution in [0.5, 0.6) is 0 Å². The fourth-order valence-corrected chi connectivity index (χ4v) is 20.8. The molecular weight excluding hydrogens is 505 g/mol. The monoisotopic (exact) mass is 550 g/mol. The molecular formula is C17H46O10Si5. The van der Waals surface area contributed by atoms with Crippen LogP contribution in [-0.2, 0) is 43.0 Å². The van der Waals surface area contributed by atoms with E-state index in [1.807, 2.05) is 74.3 Å². The van der Waals surface area contributed by atoms with Crippen LogP contribution in [0.15, 0.2) is 0 Å². The van der Waals surface area contributed by atoms with Gasteiger partial charge in [0, 0.05) is 65.8 Å². The second-order valence-electron chi connectivity index (χ2n) is 7.06. The maximum Gasteiger partial charge on any atom is 0.490 e. The standard InChI is InChI=1S/C17H46O10Si5/c1-12-18-28(7)24-30(9,21-15-4)26-32(11,23-17-6)27-31(10,22-16-5)25-29(8,19-13-2)20-14-3/h28H,12-17H2,1-11H3. The van der Waals surface area contributed by atoms with Crippen LogP contribution in [0.2, 0.25) is 32.7 Å². The third-order valence-corrected chi connectivity index (χ3v) is 20.7. The lowest BCUT2D eigenvalue weighted by Gasteiger charge is -2.41. The molecule has 0 aromatic heterocycles. The van der Waals surface area contributed by atoms with Crippen LogP contribution in [0.4, 0.5) is 0 Å². The van der Waals surface area contributed by atoms with E-state index in [1.165, 1.54) is 0 Å². The van der Waals surface area contributed by atoms with Crippen LogP contribution in [0.25, 0.3) is 0 Å². The smallest absolute Gasteiger partial charge is 0.397 e. The van der Waals surface area contributed by atoms with Crippen molar-refractivity contribution < 1.29 is 43.0 Å². The van der Waals surface area contributed by atoms with Crippen LogP contribution in [0, 0.1) is 0 Å². The highest BCUT2D eigenvalue weighted by molar-refractivity contribution is 6.83. The topological polar surface area (TPSA) is 92.3 Å². The molecule has 0 amide bonds. The normalized spacial score (nSPS) is 19.2. The molecule has 0 aliphatic carbocycles. The van der Waals surface area contributed by atoms with E-state index in [1.54, 1.807) is 0 Å². The third-order valence-electron chi connectivity index (χ3n) is 3.93. The third kappa shape index (κ3) is 12.4. The van der Waals surface area contributed by atoms with Gasteiger partial charge in [0.15, 0.2) is 0 Å². The van der Waals surface area contributed by atoms with Gasteiger partial charge in [-0.25, -0.2) is 0 Å². The molecule has 0 saturated carbocycles. The van der Waals surface area contributed by atoms with Crippen LogP contribution < -0.4 is 0 Å². The average molecular weight is 551 g/mol. The highest BCUT2D eigenvalue weighted by Gasteiger charge is 2.56. The molecule has 0 N–H and O–H groups in total. The summed E-state index contributed by atoms with van der Waals surface area (Å²) in [6, 6.07) is 0. The highest BCUT2D eigenvalue weighted by Crippen LogP contribution is 2.28. The molecule has 10 nitrogen and oxygen atoms in total. The van der Waals surface area contributed by atoms with Crippen molar-refractivity contribution in [2.75, 3.05) is 39.6 Å². The van der Waals surface area contributed by atoms with Crippen molar-refractivity contribution in [1.82, 2.24) is 0 Å². The average Bonchev–Trinajstić information content (AvgIpc) is 2.61. The van der Waals surface area contributed by atoms with Crippen molar-refractivity contribution in [3.63, 3.8) is 0 Å². The summed E-state index contributed by atoms with van der Waals surface area (Å²) >= 11 is 0. The minimum Gasteiger partial charge on any atom is -0.397 e. The predicted molar refractivity (Wildman–Crippen MR) is 134 cm³/mol. The fourth-order valence-electron chi connectivity index (χ4n) is 3.24. The summed E-state index contributed by atoms with van der Waals surface area (Å²) in [6.07, 6.45) is 0. The molecule has 4 unspecified atom stereocenters. The second-order valence-corrected chi connectivity index (χ2v) is 20.3. The lowest BCUT2D eigenvalue weighted by molar-refractivity contribution is 0.0511. The van der Waals surface area contributed by atoms with Gasteiger partial charge < -0.3 is 43.0 Å². The molecule has 0 aromatic rings. The van der Waals surface area contributed by atoms with Gasteiger partial charge in [0.2, 0.25) is 0 Å². The Hall–Kier alpha value is 0.684. The highest BCUT2D eigenvalue weighted by atomic mass is 28.5. The predicted octanol–water partition coefficient (Wildman–Crippen LogP) is 3.40. The van der Waals surface area contributed by atoms with E-state index in [4.69, 9.17) is 43.0 Å². The van der Waals surface area contributed by atoms with Crippen molar-refractivity contribution >= 4 is 44.5 Å². The van der Waals surface area contributed by atoms with E-state index in [2.05, 4.69) is 0 Å².